The van der Waals surface area contributed by atoms with Crippen molar-refractivity contribution >= 4 is 0 Å². The molecule has 108 valence electrons. The number of ether oxygens (including phenoxy) is 2. The number of rotatable bonds is 9. The van der Waals surface area contributed by atoms with E-state index in [2.05, 4.69) is 19.2 Å². The molecule has 0 saturated carbocycles. The average molecular weight is 257 g/mol. The first-order chi connectivity index (χ1) is 8.72. The molecule has 1 saturated heterocycles. The van der Waals surface area contributed by atoms with Gasteiger partial charge < -0.3 is 14.8 Å². The van der Waals surface area contributed by atoms with Gasteiger partial charge in [-0.2, -0.15) is 0 Å². The van der Waals surface area contributed by atoms with Crippen molar-refractivity contribution in [2.45, 2.75) is 46.0 Å². The Morgan fingerprint density at radius 1 is 1.33 bits per heavy atom. The second kappa shape index (κ2) is 8.89. The third-order valence-electron chi connectivity index (χ3n) is 4.10. The van der Waals surface area contributed by atoms with Gasteiger partial charge >= 0.3 is 0 Å². The van der Waals surface area contributed by atoms with Crippen molar-refractivity contribution in [2.24, 2.45) is 11.3 Å². The first-order valence-electron chi connectivity index (χ1n) is 7.50. The smallest absolute Gasteiger partial charge is 0.0587 e. The van der Waals surface area contributed by atoms with Crippen molar-refractivity contribution in [2.75, 3.05) is 40.0 Å². The van der Waals surface area contributed by atoms with E-state index in [1.807, 2.05) is 0 Å². The zero-order valence-corrected chi connectivity index (χ0v) is 12.5. The van der Waals surface area contributed by atoms with Crippen LogP contribution in [0.15, 0.2) is 0 Å². The van der Waals surface area contributed by atoms with Crippen molar-refractivity contribution < 1.29 is 9.47 Å². The first kappa shape index (κ1) is 15.9. The summed E-state index contributed by atoms with van der Waals surface area (Å²) in [5, 5.41) is 3.56. The van der Waals surface area contributed by atoms with Crippen LogP contribution in [0.5, 0.6) is 0 Å². The molecule has 0 amide bonds. The van der Waals surface area contributed by atoms with Crippen molar-refractivity contribution in [3.8, 4) is 0 Å². The molecular formula is C15H31NO2. The molecule has 1 aliphatic rings. The highest BCUT2D eigenvalue weighted by Gasteiger charge is 2.33. The SMILES string of the molecule is CCCC(C)CC1(CNCCOC)CCOCC1. The largest absolute Gasteiger partial charge is 0.383 e. The zero-order chi connectivity index (χ0) is 13.3. The fraction of sp³-hybridized carbons (Fsp3) is 1.00. The maximum atomic E-state index is 5.54. The van der Waals surface area contributed by atoms with E-state index in [0.29, 0.717) is 5.41 Å². The van der Waals surface area contributed by atoms with Gasteiger partial charge in [0.2, 0.25) is 0 Å². The van der Waals surface area contributed by atoms with Crippen LogP contribution in [-0.2, 0) is 9.47 Å². The Hall–Kier alpha value is -0.120. The summed E-state index contributed by atoms with van der Waals surface area (Å²) >= 11 is 0. The van der Waals surface area contributed by atoms with Gasteiger partial charge in [0.05, 0.1) is 6.61 Å². The molecule has 3 heteroatoms. The van der Waals surface area contributed by atoms with Crippen LogP contribution in [0.25, 0.3) is 0 Å². The van der Waals surface area contributed by atoms with Gasteiger partial charge in [-0.15, -0.1) is 0 Å². The number of hydrogen-bond donors (Lipinski definition) is 1. The minimum atomic E-state index is 0.459. The standard InChI is InChI=1S/C15H31NO2/c1-4-5-14(2)12-15(6-9-18-10-7-15)13-16-8-11-17-3/h14,16H,4-13H2,1-3H3. The van der Waals surface area contributed by atoms with E-state index in [0.717, 1.165) is 38.8 Å². The quantitative estimate of drug-likeness (QED) is 0.644. The molecule has 0 spiro atoms. The van der Waals surface area contributed by atoms with Crippen LogP contribution in [0, 0.1) is 11.3 Å². The molecule has 0 aliphatic carbocycles. The van der Waals surface area contributed by atoms with Gasteiger partial charge in [0.25, 0.3) is 0 Å². The number of hydrogen-bond acceptors (Lipinski definition) is 3. The maximum absolute atomic E-state index is 5.54. The van der Waals surface area contributed by atoms with E-state index in [9.17, 15) is 0 Å². The van der Waals surface area contributed by atoms with E-state index in [-0.39, 0.29) is 0 Å². The molecule has 1 N–H and O–H groups in total. The lowest BCUT2D eigenvalue weighted by Crippen LogP contribution is -2.41. The van der Waals surface area contributed by atoms with Gasteiger partial charge in [-0.1, -0.05) is 26.7 Å². The Bertz CT molecular complexity index is 203. The summed E-state index contributed by atoms with van der Waals surface area (Å²) in [5.74, 6) is 0.831. The zero-order valence-electron chi connectivity index (χ0n) is 12.5. The Balaban J connectivity index is 2.41. The monoisotopic (exact) mass is 257 g/mol. The molecule has 0 aromatic carbocycles. The molecule has 18 heavy (non-hydrogen) atoms. The van der Waals surface area contributed by atoms with Crippen LogP contribution in [0.2, 0.25) is 0 Å². The van der Waals surface area contributed by atoms with Gasteiger partial charge in [0.1, 0.15) is 0 Å². The predicted octanol–water partition coefficient (Wildman–Crippen LogP) is 2.85. The fourth-order valence-corrected chi connectivity index (χ4v) is 3.12. The van der Waals surface area contributed by atoms with E-state index in [4.69, 9.17) is 9.47 Å². The van der Waals surface area contributed by atoms with E-state index in [1.165, 1.54) is 32.1 Å². The van der Waals surface area contributed by atoms with Gasteiger partial charge in [0, 0.05) is 33.4 Å². The maximum Gasteiger partial charge on any atom is 0.0587 e. The summed E-state index contributed by atoms with van der Waals surface area (Å²) in [5.41, 5.74) is 0.459. The normalized spacial score (nSPS) is 20.8. The van der Waals surface area contributed by atoms with E-state index < -0.39 is 0 Å². The highest BCUT2D eigenvalue weighted by molar-refractivity contribution is 4.85. The molecular weight excluding hydrogens is 226 g/mol. The van der Waals surface area contributed by atoms with Gasteiger partial charge in [-0.3, -0.25) is 0 Å². The second-order valence-corrected chi connectivity index (χ2v) is 5.88. The average Bonchev–Trinajstić information content (AvgIpc) is 2.36. The van der Waals surface area contributed by atoms with Crippen LogP contribution in [0.1, 0.15) is 46.0 Å². The van der Waals surface area contributed by atoms with Crippen molar-refractivity contribution in [3.05, 3.63) is 0 Å². The minimum Gasteiger partial charge on any atom is -0.383 e. The molecule has 3 nitrogen and oxygen atoms in total. The van der Waals surface area contributed by atoms with Crippen LogP contribution in [0.4, 0.5) is 0 Å². The molecule has 0 aromatic rings. The summed E-state index contributed by atoms with van der Waals surface area (Å²) in [4.78, 5) is 0. The van der Waals surface area contributed by atoms with Crippen LogP contribution >= 0.6 is 0 Å². The summed E-state index contributed by atoms with van der Waals surface area (Å²) in [6, 6.07) is 0. The second-order valence-electron chi connectivity index (χ2n) is 5.88. The number of methoxy groups -OCH3 is 1. The van der Waals surface area contributed by atoms with E-state index in [1.54, 1.807) is 7.11 Å². The van der Waals surface area contributed by atoms with E-state index >= 15 is 0 Å². The Morgan fingerprint density at radius 3 is 2.67 bits per heavy atom. The predicted molar refractivity (Wildman–Crippen MR) is 75.9 cm³/mol. The molecule has 1 rings (SSSR count). The minimum absolute atomic E-state index is 0.459. The highest BCUT2D eigenvalue weighted by Crippen LogP contribution is 2.37. The summed E-state index contributed by atoms with van der Waals surface area (Å²) in [6.07, 6.45) is 6.40. The van der Waals surface area contributed by atoms with Gasteiger partial charge in [-0.25, -0.2) is 0 Å². The molecule has 0 radical (unpaired) electrons. The van der Waals surface area contributed by atoms with Crippen LogP contribution in [-0.4, -0.2) is 40.0 Å². The van der Waals surface area contributed by atoms with Gasteiger partial charge in [0.15, 0.2) is 0 Å². The molecule has 1 fully saturated rings. The van der Waals surface area contributed by atoms with Crippen molar-refractivity contribution in [1.82, 2.24) is 5.32 Å². The van der Waals surface area contributed by atoms with Crippen molar-refractivity contribution in [3.63, 3.8) is 0 Å². The summed E-state index contributed by atoms with van der Waals surface area (Å²) in [7, 11) is 1.76. The molecule has 0 aromatic heterocycles. The summed E-state index contributed by atoms with van der Waals surface area (Å²) < 4.78 is 10.6. The third-order valence-corrected chi connectivity index (χ3v) is 4.10. The molecule has 1 atom stereocenters. The lowest BCUT2D eigenvalue weighted by Gasteiger charge is -2.39. The highest BCUT2D eigenvalue weighted by atomic mass is 16.5. The molecule has 1 aliphatic heterocycles. The van der Waals surface area contributed by atoms with Crippen LogP contribution in [0.3, 0.4) is 0 Å². The Labute approximate surface area is 113 Å². The fourth-order valence-electron chi connectivity index (χ4n) is 3.12. The van der Waals surface area contributed by atoms with Crippen LogP contribution < -0.4 is 5.32 Å². The summed E-state index contributed by atoms with van der Waals surface area (Å²) in [6.45, 7) is 9.43. The molecule has 0 bridgehead atoms. The Kier molecular flexibility index (Phi) is 7.87. The first-order valence-corrected chi connectivity index (χ1v) is 7.50. The van der Waals surface area contributed by atoms with Gasteiger partial charge in [-0.05, 0) is 30.6 Å². The third kappa shape index (κ3) is 5.68. The lowest BCUT2D eigenvalue weighted by molar-refractivity contribution is 0.00209. The topological polar surface area (TPSA) is 30.5 Å². The number of nitrogens with one attached hydrogen (secondary N) is 1. The molecule has 1 unspecified atom stereocenters. The Morgan fingerprint density at radius 2 is 2.06 bits per heavy atom. The van der Waals surface area contributed by atoms with Crippen molar-refractivity contribution in [1.29, 1.82) is 0 Å². The lowest BCUT2D eigenvalue weighted by atomic mass is 9.73. The molecule has 1 heterocycles.